The lowest BCUT2D eigenvalue weighted by Gasteiger charge is -2.22. The Kier molecular flexibility index (Phi) is 4.79. The van der Waals surface area contributed by atoms with E-state index in [-0.39, 0.29) is 10.8 Å². The lowest BCUT2D eigenvalue weighted by atomic mass is 10.1. The summed E-state index contributed by atoms with van der Waals surface area (Å²) in [5.41, 5.74) is 3.26. The van der Waals surface area contributed by atoms with Crippen molar-refractivity contribution in [3.63, 3.8) is 0 Å². The van der Waals surface area contributed by atoms with Gasteiger partial charge >= 0.3 is 0 Å². The second-order valence-corrected chi connectivity index (χ2v) is 7.30. The van der Waals surface area contributed by atoms with E-state index < -0.39 is 0 Å². The molecular formula is C11H17BrN2OS. The van der Waals surface area contributed by atoms with Gasteiger partial charge in [0, 0.05) is 32.1 Å². The number of hydrogen-bond acceptors (Lipinski definition) is 4. The number of nitrogens with zero attached hydrogens (tertiary/aromatic N) is 1. The lowest BCUT2D eigenvalue weighted by Crippen LogP contribution is -2.16. The van der Waals surface area contributed by atoms with Gasteiger partial charge in [-0.2, -0.15) is 5.48 Å². The molecule has 1 aromatic heterocycles. The molecule has 0 saturated heterocycles. The largest absolute Gasteiger partial charge is 0.316 e. The highest BCUT2D eigenvalue weighted by Gasteiger charge is 2.20. The molecule has 3 nitrogen and oxygen atoms in total. The summed E-state index contributed by atoms with van der Waals surface area (Å²) in [6, 6.07) is -0.130. The van der Waals surface area contributed by atoms with Crippen LogP contribution < -0.4 is 5.48 Å². The first-order chi connectivity index (χ1) is 7.35. The predicted octanol–water partition coefficient (Wildman–Crippen LogP) is 3.77. The van der Waals surface area contributed by atoms with E-state index in [2.05, 4.69) is 47.2 Å². The summed E-state index contributed by atoms with van der Waals surface area (Å²) in [4.78, 5) is 5.25. The van der Waals surface area contributed by atoms with Crippen molar-refractivity contribution in [3.05, 3.63) is 22.4 Å². The first-order valence-corrected chi connectivity index (χ1v) is 6.68. The third kappa shape index (κ3) is 3.73. The Hall–Kier alpha value is -0.100. The van der Waals surface area contributed by atoms with Crippen molar-refractivity contribution in [1.82, 2.24) is 10.5 Å². The average Bonchev–Trinajstić information content (AvgIpc) is 2.18. The predicted molar refractivity (Wildman–Crippen MR) is 70.9 cm³/mol. The van der Waals surface area contributed by atoms with Crippen LogP contribution in [0.15, 0.2) is 21.8 Å². The van der Waals surface area contributed by atoms with Crippen LogP contribution in [0.4, 0.5) is 0 Å². The fourth-order valence-corrected chi connectivity index (χ4v) is 2.93. The van der Waals surface area contributed by atoms with Crippen molar-refractivity contribution in [2.45, 2.75) is 43.4 Å². The summed E-state index contributed by atoms with van der Waals surface area (Å²) in [6.45, 7) is 8.37. The Morgan fingerprint density at radius 2 is 2.06 bits per heavy atom. The SMILES string of the molecule is CC(NO)c1cncc(Br)c1SC(C)(C)C. The maximum Gasteiger partial charge on any atom is 0.0567 e. The molecule has 0 spiro atoms. The van der Waals surface area contributed by atoms with Crippen LogP contribution in [0.5, 0.6) is 0 Å². The zero-order valence-corrected chi connectivity index (χ0v) is 12.3. The molecular weight excluding hydrogens is 288 g/mol. The van der Waals surface area contributed by atoms with Gasteiger partial charge in [0.2, 0.25) is 0 Å². The van der Waals surface area contributed by atoms with Crippen LogP contribution in [0.3, 0.4) is 0 Å². The molecule has 0 amide bonds. The molecule has 2 N–H and O–H groups in total. The number of nitrogens with one attached hydrogen (secondary N) is 1. The van der Waals surface area contributed by atoms with Gasteiger partial charge in [-0.3, -0.25) is 4.98 Å². The zero-order valence-electron chi connectivity index (χ0n) is 9.91. The maximum atomic E-state index is 9.00. The van der Waals surface area contributed by atoms with Crippen molar-refractivity contribution in [2.24, 2.45) is 0 Å². The second-order valence-electron chi connectivity index (χ2n) is 4.60. The van der Waals surface area contributed by atoms with E-state index in [1.54, 1.807) is 24.2 Å². The maximum absolute atomic E-state index is 9.00. The number of hydroxylamine groups is 1. The van der Waals surface area contributed by atoms with Crippen LogP contribution in [0, 0.1) is 0 Å². The monoisotopic (exact) mass is 304 g/mol. The molecule has 0 aromatic carbocycles. The molecule has 1 atom stereocenters. The quantitative estimate of drug-likeness (QED) is 0.659. The minimum absolute atomic E-state index is 0.119. The van der Waals surface area contributed by atoms with Crippen molar-refractivity contribution in [2.75, 3.05) is 0 Å². The molecule has 1 heterocycles. The Labute approximate surface area is 109 Å². The first kappa shape index (κ1) is 14.0. The van der Waals surface area contributed by atoms with Gasteiger partial charge in [0.25, 0.3) is 0 Å². The van der Waals surface area contributed by atoms with E-state index in [1.165, 1.54) is 0 Å². The lowest BCUT2D eigenvalue weighted by molar-refractivity contribution is 0.132. The summed E-state index contributed by atoms with van der Waals surface area (Å²) in [5, 5.41) is 9.00. The minimum atomic E-state index is -0.130. The number of halogens is 1. The zero-order chi connectivity index (χ0) is 12.3. The van der Waals surface area contributed by atoms with Crippen LogP contribution in [-0.2, 0) is 0 Å². The highest BCUT2D eigenvalue weighted by Crippen LogP contribution is 2.40. The molecule has 0 aliphatic heterocycles. The number of hydrogen-bond donors (Lipinski definition) is 2. The highest BCUT2D eigenvalue weighted by atomic mass is 79.9. The van der Waals surface area contributed by atoms with Gasteiger partial charge in [-0.25, -0.2) is 0 Å². The molecule has 5 heteroatoms. The Morgan fingerprint density at radius 1 is 1.44 bits per heavy atom. The number of aromatic nitrogens is 1. The standard InChI is InChI=1S/C11H17BrN2OS/c1-7(14-15)8-5-13-6-9(12)10(8)16-11(2,3)4/h5-7,14-15H,1-4H3. The first-order valence-electron chi connectivity index (χ1n) is 5.07. The van der Waals surface area contributed by atoms with Crippen LogP contribution in [0.25, 0.3) is 0 Å². The van der Waals surface area contributed by atoms with Gasteiger partial charge in [0.1, 0.15) is 0 Å². The third-order valence-electron chi connectivity index (χ3n) is 1.95. The molecule has 0 saturated carbocycles. The Morgan fingerprint density at radius 3 is 2.56 bits per heavy atom. The topological polar surface area (TPSA) is 45.1 Å². The van der Waals surface area contributed by atoms with Crippen molar-refractivity contribution in [3.8, 4) is 0 Å². The van der Waals surface area contributed by atoms with Crippen LogP contribution in [0.2, 0.25) is 0 Å². The van der Waals surface area contributed by atoms with Crippen LogP contribution in [-0.4, -0.2) is 14.9 Å². The van der Waals surface area contributed by atoms with Gasteiger partial charge in [-0.1, -0.05) is 20.8 Å². The molecule has 1 unspecified atom stereocenters. The van der Waals surface area contributed by atoms with E-state index in [1.807, 2.05) is 6.92 Å². The van der Waals surface area contributed by atoms with Crippen LogP contribution in [0.1, 0.15) is 39.3 Å². The molecule has 0 aliphatic rings. The van der Waals surface area contributed by atoms with Gasteiger partial charge < -0.3 is 5.21 Å². The number of pyridine rings is 1. The summed E-state index contributed by atoms with van der Waals surface area (Å²) < 4.78 is 1.08. The molecule has 0 radical (unpaired) electrons. The Bertz CT molecular complexity index is 365. The van der Waals surface area contributed by atoms with Gasteiger partial charge in [0.05, 0.1) is 6.04 Å². The smallest absolute Gasteiger partial charge is 0.0567 e. The summed E-state index contributed by atoms with van der Waals surface area (Å²) in [5.74, 6) is 0. The molecule has 1 aromatic rings. The van der Waals surface area contributed by atoms with E-state index in [0.717, 1.165) is 14.9 Å². The number of thioether (sulfide) groups is 1. The number of rotatable bonds is 3. The summed E-state index contributed by atoms with van der Waals surface area (Å²) in [7, 11) is 0. The van der Waals surface area contributed by atoms with Gasteiger partial charge in [0.15, 0.2) is 0 Å². The third-order valence-corrected chi connectivity index (χ3v) is 4.08. The molecule has 1 rings (SSSR count). The normalized spacial score (nSPS) is 13.9. The average molecular weight is 305 g/mol. The van der Waals surface area contributed by atoms with Crippen LogP contribution >= 0.6 is 27.7 Å². The van der Waals surface area contributed by atoms with Gasteiger partial charge in [-0.05, 0) is 22.9 Å². The molecule has 0 fully saturated rings. The fourth-order valence-electron chi connectivity index (χ4n) is 1.23. The Balaban J connectivity index is 3.13. The van der Waals surface area contributed by atoms with Gasteiger partial charge in [-0.15, -0.1) is 11.8 Å². The molecule has 90 valence electrons. The van der Waals surface area contributed by atoms with Crippen molar-refractivity contribution >= 4 is 27.7 Å². The van der Waals surface area contributed by atoms with Crippen molar-refractivity contribution < 1.29 is 5.21 Å². The molecule has 16 heavy (non-hydrogen) atoms. The minimum Gasteiger partial charge on any atom is -0.316 e. The van der Waals surface area contributed by atoms with E-state index in [0.29, 0.717) is 0 Å². The highest BCUT2D eigenvalue weighted by molar-refractivity contribution is 9.10. The van der Waals surface area contributed by atoms with E-state index >= 15 is 0 Å². The molecule has 0 aliphatic carbocycles. The fraction of sp³-hybridized carbons (Fsp3) is 0.545. The summed E-state index contributed by atoms with van der Waals surface area (Å²) >= 11 is 5.26. The van der Waals surface area contributed by atoms with E-state index in [9.17, 15) is 0 Å². The molecule has 0 bridgehead atoms. The second kappa shape index (κ2) is 5.49. The van der Waals surface area contributed by atoms with E-state index in [4.69, 9.17) is 5.21 Å². The summed E-state index contributed by atoms with van der Waals surface area (Å²) in [6.07, 6.45) is 3.56. The van der Waals surface area contributed by atoms with Crippen molar-refractivity contribution in [1.29, 1.82) is 0 Å².